The summed E-state index contributed by atoms with van der Waals surface area (Å²) in [5.74, 6) is -1.02. The van der Waals surface area contributed by atoms with E-state index in [1.807, 2.05) is 54.6 Å². The maximum Gasteiger partial charge on any atom is 0.356 e. The number of methoxy groups -OCH3 is 1. The minimum atomic E-state index is -0.611. The van der Waals surface area contributed by atoms with Crippen LogP contribution in [0.3, 0.4) is 0 Å². The maximum atomic E-state index is 12.3. The molecule has 1 amide bonds. The van der Waals surface area contributed by atoms with Gasteiger partial charge in [-0.05, 0) is 11.6 Å². The molecule has 3 rings (SSSR count). The first-order chi connectivity index (χ1) is 12.2. The number of amides is 1. The average molecular weight is 337 g/mol. The van der Waals surface area contributed by atoms with Crippen LogP contribution in [0.15, 0.2) is 66.0 Å². The molecule has 0 aliphatic carbocycles. The van der Waals surface area contributed by atoms with E-state index in [1.54, 1.807) is 0 Å². The molecule has 2 aromatic carbocycles. The molecule has 0 radical (unpaired) electrons. The molecule has 0 spiro atoms. The summed E-state index contributed by atoms with van der Waals surface area (Å²) >= 11 is 0. The van der Waals surface area contributed by atoms with Gasteiger partial charge in [-0.15, -0.1) is 0 Å². The molecule has 1 aliphatic rings. The van der Waals surface area contributed by atoms with Crippen LogP contribution in [0.1, 0.15) is 17.2 Å². The van der Waals surface area contributed by atoms with Crippen LogP contribution in [0.2, 0.25) is 0 Å². The van der Waals surface area contributed by atoms with Gasteiger partial charge >= 0.3 is 5.97 Å². The largest absolute Gasteiger partial charge is 0.464 e. The fourth-order valence-corrected chi connectivity index (χ4v) is 2.82. The van der Waals surface area contributed by atoms with Gasteiger partial charge in [0.05, 0.1) is 13.2 Å². The van der Waals surface area contributed by atoms with Gasteiger partial charge < -0.3 is 20.7 Å². The Bertz CT molecular complexity index is 831. The average Bonchev–Trinajstić information content (AvgIpc) is 2.84. The van der Waals surface area contributed by atoms with E-state index in [-0.39, 0.29) is 17.4 Å². The number of carbonyl (C=O) groups is 2. The minimum absolute atomic E-state index is 0.0897. The number of hydrogen-bond donors (Lipinski definition) is 3. The zero-order valence-corrected chi connectivity index (χ0v) is 14.0. The first-order valence-corrected chi connectivity index (χ1v) is 7.87. The van der Waals surface area contributed by atoms with Crippen molar-refractivity contribution in [2.24, 2.45) is 0 Å². The lowest BCUT2D eigenvalue weighted by atomic mass is 9.97. The highest BCUT2D eigenvalue weighted by molar-refractivity contribution is 6.05. The van der Waals surface area contributed by atoms with E-state index in [4.69, 9.17) is 4.74 Å². The molecule has 0 fully saturated rings. The molecule has 0 bridgehead atoms. The molecule has 0 aromatic heterocycles. The van der Waals surface area contributed by atoms with Gasteiger partial charge in [-0.1, -0.05) is 48.5 Å². The zero-order chi connectivity index (χ0) is 17.8. The van der Waals surface area contributed by atoms with Gasteiger partial charge in [0.15, 0.2) is 5.70 Å². The van der Waals surface area contributed by atoms with Crippen LogP contribution in [0.4, 0.5) is 5.69 Å². The Kier molecular flexibility index (Phi) is 4.70. The summed E-state index contributed by atoms with van der Waals surface area (Å²) in [5.41, 5.74) is 2.86. The number of nitrogens with one attached hydrogen (secondary N) is 3. The second kappa shape index (κ2) is 7.09. The minimum Gasteiger partial charge on any atom is -0.464 e. The Morgan fingerprint density at radius 2 is 1.68 bits per heavy atom. The lowest BCUT2D eigenvalue weighted by molar-refractivity contribution is -0.137. The molecule has 6 nitrogen and oxygen atoms in total. The number of benzene rings is 2. The number of rotatable bonds is 3. The third kappa shape index (κ3) is 3.19. The summed E-state index contributed by atoms with van der Waals surface area (Å²) in [7, 11) is 2.80. The molecule has 3 N–H and O–H groups in total. The highest BCUT2D eigenvalue weighted by atomic mass is 16.5. The number of carbonyl (C=O) groups excluding carboxylic acids is 2. The Balaban J connectivity index is 2.19. The summed E-state index contributed by atoms with van der Waals surface area (Å²) in [4.78, 5) is 24.6. The van der Waals surface area contributed by atoms with Crippen molar-refractivity contribution in [2.75, 3.05) is 19.5 Å². The van der Waals surface area contributed by atoms with Crippen molar-refractivity contribution in [3.05, 3.63) is 77.1 Å². The van der Waals surface area contributed by atoms with Crippen molar-refractivity contribution in [3.8, 4) is 0 Å². The predicted molar refractivity (Wildman–Crippen MR) is 94.6 cm³/mol. The van der Waals surface area contributed by atoms with Crippen LogP contribution in [0, 0.1) is 0 Å². The molecule has 0 saturated carbocycles. The van der Waals surface area contributed by atoms with Gasteiger partial charge in [0, 0.05) is 18.3 Å². The number of ether oxygens (including phenoxy) is 1. The van der Waals surface area contributed by atoms with E-state index in [2.05, 4.69) is 16.0 Å². The van der Waals surface area contributed by atoms with E-state index in [0.717, 1.165) is 16.8 Å². The fraction of sp³-hybridized carbons (Fsp3) is 0.158. The fourth-order valence-electron chi connectivity index (χ4n) is 2.82. The number of esters is 1. The van der Waals surface area contributed by atoms with Crippen molar-refractivity contribution < 1.29 is 14.3 Å². The second-order valence-corrected chi connectivity index (χ2v) is 5.52. The topological polar surface area (TPSA) is 79.5 Å². The third-order valence-corrected chi connectivity index (χ3v) is 4.05. The smallest absolute Gasteiger partial charge is 0.356 e. The summed E-state index contributed by atoms with van der Waals surface area (Å²) in [6, 6.07) is 17.0. The summed E-state index contributed by atoms with van der Waals surface area (Å²) in [6.45, 7) is 0. The molecular formula is C19H19N3O3. The van der Waals surface area contributed by atoms with E-state index in [9.17, 15) is 9.59 Å². The van der Waals surface area contributed by atoms with Crippen LogP contribution >= 0.6 is 0 Å². The van der Waals surface area contributed by atoms with E-state index in [0.29, 0.717) is 0 Å². The third-order valence-electron chi connectivity index (χ3n) is 4.05. The first-order valence-electron chi connectivity index (χ1n) is 7.87. The highest BCUT2D eigenvalue weighted by Gasteiger charge is 2.30. The monoisotopic (exact) mass is 337 g/mol. The molecule has 2 aromatic rings. The van der Waals surface area contributed by atoms with Crippen LogP contribution in [-0.2, 0) is 14.3 Å². The van der Waals surface area contributed by atoms with Gasteiger partial charge in [-0.2, -0.15) is 0 Å². The lowest BCUT2D eigenvalue weighted by Gasteiger charge is -2.21. The van der Waals surface area contributed by atoms with Crippen molar-refractivity contribution in [2.45, 2.75) is 6.04 Å². The quantitative estimate of drug-likeness (QED) is 0.746. The summed E-state index contributed by atoms with van der Waals surface area (Å²) < 4.78 is 4.87. The number of hydrogen-bond acceptors (Lipinski definition) is 5. The molecule has 1 unspecified atom stereocenters. The Labute approximate surface area is 145 Å². The highest BCUT2D eigenvalue weighted by Crippen LogP contribution is 2.33. The van der Waals surface area contributed by atoms with Gasteiger partial charge in [0.2, 0.25) is 0 Å². The van der Waals surface area contributed by atoms with Gasteiger partial charge in [0.25, 0.3) is 5.91 Å². The first kappa shape index (κ1) is 16.6. The second-order valence-electron chi connectivity index (χ2n) is 5.52. The number of para-hydroxylation sites is 1. The number of anilines is 1. The normalized spacial score (nSPS) is 16.0. The van der Waals surface area contributed by atoms with E-state index < -0.39 is 11.9 Å². The number of likely N-dealkylation sites (N-methyl/N-ethyl adjacent to an activating group) is 1. The Morgan fingerprint density at radius 3 is 2.36 bits per heavy atom. The van der Waals surface area contributed by atoms with Crippen LogP contribution in [0.5, 0.6) is 0 Å². The van der Waals surface area contributed by atoms with Gasteiger partial charge in [-0.25, -0.2) is 4.79 Å². The molecular weight excluding hydrogens is 318 g/mol. The molecule has 1 atom stereocenters. The SMILES string of the molecule is CNC(=O)C1=C(C(=O)OC)NC(c2ccccc2)c2ccccc2N1. The van der Waals surface area contributed by atoms with Gasteiger partial charge in [0.1, 0.15) is 5.70 Å². The molecule has 25 heavy (non-hydrogen) atoms. The summed E-state index contributed by atoms with van der Waals surface area (Å²) in [6.07, 6.45) is 0. The molecule has 6 heteroatoms. The molecule has 0 saturated heterocycles. The van der Waals surface area contributed by atoms with Gasteiger partial charge in [-0.3, -0.25) is 4.79 Å². The number of fused-ring (bicyclic) bond motifs is 1. The van der Waals surface area contributed by atoms with Crippen LogP contribution in [-0.4, -0.2) is 26.0 Å². The van der Waals surface area contributed by atoms with Crippen LogP contribution < -0.4 is 16.0 Å². The maximum absolute atomic E-state index is 12.3. The van der Waals surface area contributed by atoms with Crippen LogP contribution in [0.25, 0.3) is 0 Å². The summed E-state index contributed by atoms with van der Waals surface area (Å²) in [5, 5.41) is 8.82. The Morgan fingerprint density at radius 1 is 1.00 bits per heavy atom. The van der Waals surface area contributed by atoms with E-state index in [1.165, 1.54) is 14.2 Å². The van der Waals surface area contributed by atoms with Crippen molar-refractivity contribution >= 4 is 17.6 Å². The lowest BCUT2D eigenvalue weighted by Crippen LogP contribution is -2.32. The molecule has 128 valence electrons. The van der Waals surface area contributed by atoms with Crippen molar-refractivity contribution in [1.82, 2.24) is 10.6 Å². The molecule has 1 heterocycles. The zero-order valence-electron chi connectivity index (χ0n) is 14.0. The van der Waals surface area contributed by atoms with Crippen molar-refractivity contribution in [1.29, 1.82) is 0 Å². The standard InChI is InChI=1S/C19H19N3O3/c1-20-18(23)16-17(19(24)25-2)22-15(12-8-4-3-5-9-12)13-10-6-7-11-14(13)21-16/h3-11,15,21-22H,1-2H3,(H,20,23). The Hall–Kier alpha value is -3.28. The molecule has 1 aliphatic heterocycles. The van der Waals surface area contributed by atoms with E-state index >= 15 is 0 Å². The predicted octanol–water partition coefficient (Wildman–Crippen LogP) is 1.92. The van der Waals surface area contributed by atoms with Crippen molar-refractivity contribution in [3.63, 3.8) is 0 Å².